The van der Waals surface area contributed by atoms with Gasteiger partial charge in [0, 0.05) is 6.04 Å². The number of amides is 1. The lowest BCUT2D eigenvalue weighted by molar-refractivity contribution is -0.137. The van der Waals surface area contributed by atoms with Crippen molar-refractivity contribution >= 4 is 11.9 Å². The Morgan fingerprint density at radius 1 is 1.38 bits per heavy atom. The number of carbonyl (C=O) groups is 2. The second-order valence-corrected chi connectivity index (χ2v) is 3.29. The van der Waals surface area contributed by atoms with Gasteiger partial charge in [-0.25, -0.2) is 0 Å². The Hall–Kier alpha value is -1.31. The summed E-state index contributed by atoms with van der Waals surface area (Å²) in [6.45, 7) is -0.299. The van der Waals surface area contributed by atoms with Gasteiger partial charge in [0.05, 0.1) is 19.5 Å². The van der Waals surface area contributed by atoms with E-state index in [1.807, 2.05) is 5.32 Å². The van der Waals surface area contributed by atoms with Crippen LogP contribution in [0.5, 0.6) is 0 Å². The summed E-state index contributed by atoms with van der Waals surface area (Å²) in [7, 11) is 0. The van der Waals surface area contributed by atoms with Crippen molar-refractivity contribution in [2.24, 2.45) is 0 Å². The first-order valence-electron chi connectivity index (χ1n) is 4.49. The first-order valence-corrected chi connectivity index (χ1v) is 4.49. The summed E-state index contributed by atoms with van der Waals surface area (Å²) in [6, 6.07) is -0.613. The van der Waals surface area contributed by atoms with Crippen LogP contribution in [-0.4, -0.2) is 42.3 Å². The molecule has 94 valence electrons. The maximum atomic E-state index is 11.7. The monoisotopic (exact) mass is 242 g/mol. The third-order valence-electron chi connectivity index (χ3n) is 1.50. The van der Waals surface area contributed by atoms with Gasteiger partial charge in [-0.05, 0) is 6.92 Å². The Balaban J connectivity index is 3.70. The van der Waals surface area contributed by atoms with E-state index in [4.69, 9.17) is 5.11 Å². The Bertz CT molecular complexity index is 255. The van der Waals surface area contributed by atoms with E-state index < -0.39 is 37.2 Å². The Morgan fingerprint density at radius 3 is 2.38 bits per heavy atom. The molecule has 0 rings (SSSR count). The molecule has 5 nitrogen and oxygen atoms in total. The van der Waals surface area contributed by atoms with Crippen molar-refractivity contribution < 1.29 is 27.9 Å². The van der Waals surface area contributed by atoms with Gasteiger partial charge in [-0.3, -0.25) is 9.59 Å². The van der Waals surface area contributed by atoms with Crippen molar-refractivity contribution in [1.82, 2.24) is 10.6 Å². The fraction of sp³-hybridized carbons (Fsp3) is 0.750. The molecule has 0 aromatic heterocycles. The minimum atomic E-state index is -4.37. The third-order valence-corrected chi connectivity index (χ3v) is 1.50. The second kappa shape index (κ2) is 6.31. The summed E-state index contributed by atoms with van der Waals surface area (Å²) in [4.78, 5) is 21.2. The average Bonchev–Trinajstić information content (AvgIpc) is 1.98. The molecule has 0 fully saturated rings. The second-order valence-electron chi connectivity index (χ2n) is 3.29. The molecule has 1 atom stereocenters. The first kappa shape index (κ1) is 14.7. The van der Waals surface area contributed by atoms with Crippen LogP contribution < -0.4 is 10.6 Å². The first-order chi connectivity index (χ1) is 7.20. The Morgan fingerprint density at radius 2 is 1.94 bits per heavy atom. The van der Waals surface area contributed by atoms with Crippen LogP contribution in [0.25, 0.3) is 0 Å². The number of hydrogen-bond donors (Lipinski definition) is 3. The number of halogens is 3. The highest BCUT2D eigenvalue weighted by molar-refractivity contribution is 5.79. The fourth-order valence-electron chi connectivity index (χ4n) is 0.957. The lowest BCUT2D eigenvalue weighted by Crippen LogP contribution is -2.42. The van der Waals surface area contributed by atoms with E-state index in [2.05, 4.69) is 5.32 Å². The molecular weight excluding hydrogens is 229 g/mol. The Kier molecular flexibility index (Phi) is 5.79. The molecule has 0 bridgehead atoms. The summed E-state index contributed by atoms with van der Waals surface area (Å²) in [6.07, 6.45) is -4.64. The number of carboxylic acids is 1. The third kappa shape index (κ3) is 9.25. The van der Waals surface area contributed by atoms with Crippen LogP contribution in [0.3, 0.4) is 0 Å². The molecule has 0 aliphatic carbocycles. The lowest BCUT2D eigenvalue weighted by atomic mass is 10.2. The van der Waals surface area contributed by atoms with E-state index in [0.717, 1.165) is 0 Å². The molecule has 0 saturated heterocycles. The molecule has 3 N–H and O–H groups in total. The highest BCUT2D eigenvalue weighted by Gasteiger charge is 2.26. The van der Waals surface area contributed by atoms with Crippen LogP contribution in [0.2, 0.25) is 0 Å². The molecule has 0 heterocycles. The fourth-order valence-corrected chi connectivity index (χ4v) is 0.957. The van der Waals surface area contributed by atoms with Crippen LogP contribution >= 0.6 is 0 Å². The van der Waals surface area contributed by atoms with Crippen LogP contribution in [0.4, 0.5) is 13.2 Å². The van der Waals surface area contributed by atoms with Gasteiger partial charge in [-0.15, -0.1) is 0 Å². The van der Waals surface area contributed by atoms with E-state index in [0.29, 0.717) is 0 Å². The summed E-state index contributed by atoms with van der Waals surface area (Å²) in [5.41, 5.74) is 0. The normalized spacial score (nSPS) is 13.2. The van der Waals surface area contributed by atoms with Crippen LogP contribution in [0, 0.1) is 0 Å². The Labute approximate surface area is 90.0 Å². The average molecular weight is 242 g/mol. The van der Waals surface area contributed by atoms with Crippen molar-refractivity contribution in [3.8, 4) is 0 Å². The number of carboxylic acid groups (broad SMARTS) is 1. The quantitative estimate of drug-likeness (QED) is 0.618. The van der Waals surface area contributed by atoms with Gasteiger partial charge in [0.1, 0.15) is 0 Å². The van der Waals surface area contributed by atoms with Gasteiger partial charge in [0.2, 0.25) is 5.91 Å². The molecule has 1 unspecified atom stereocenters. The summed E-state index contributed by atoms with van der Waals surface area (Å²) >= 11 is 0. The molecule has 8 heteroatoms. The number of alkyl halides is 3. The molecule has 0 aliphatic heterocycles. The maximum absolute atomic E-state index is 11.7. The molecule has 0 spiro atoms. The van der Waals surface area contributed by atoms with Crippen molar-refractivity contribution in [2.45, 2.75) is 25.6 Å². The number of aliphatic carboxylic acids is 1. The molecule has 0 aliphatic rings. The molecule has 0 aromatic rings. The van der Waals surface area contributed by atoms with E-state index in [9.17, 15) is 22.8 Å². The van der Waals surface area contributed by atoms with E-state index in [1.165, 1.54) is 6.92 Å². The molecule has 0 radical (unpaired) electrons. The van der Waals surface area contributed by atoms with Gasteiger partial charge >= 0.3 is 12.1 Å². The number of nitrogens with one attached hydrogen (secondary N) is 2. The van der Waals surface area contributed by atoms with Gasteiger partial charge in [0.25, 0.3) is 0 Å². The molecule has 1 amide bonds. The highest BCUT2D eigenvalue weighted by atomic mass is 19.4. The van der Waals surface area contributed by atoms with Gasteiger partial charge in [-0.2, -0.15) is 13.2 Å². The van der Waals surface area contributed by atoms with E-state index in [1.54, 1.807) is 0 Å². The highest BCUT2D eigenvalue weighted by Crippen LogP contribution is 2.11. The SMILES string of the molecule is CC(CC(=O)O)NC(=O)CNCC(F)(F)F. The zero-order valence-electron chi connectivity index (χ0n) is 8.60. The zero-order chi connectivity index (χ0) is 12.8. The zero-order valence-corrected chi connectivity index (χ0v) is 8.60. The molecule has 16 heavy (non-hydrogen) atoms. The largest absolute Gasteiger partial charge is 0.481 e. The maximum Gasteiger partial charge on any atom is 0.401 e. The lowest BCUT2D eigenvalue weighted by Gasteiger charge is -2.12. The predicted octanol–water partition coefficient (Wildman–Crippen LogP) is 0.118. The van der Waals surface area contributed by atoms with Crippen molar-refractivity contribution in [3.05, 3.63) is 0 Å². The van der Waals surface area contributed by atoms with E-state index in [-0.39, 0.29) is 6.42 Å². The topological polar surface area (TPSA) is 78.4 Å². The van der Waals surface area contributed by atoms with E-state index >= 15 is 0 Å². The number of rotatable bonds is 6. The van der Waals surface area contributed by atoms with Gasteiger partial charge in [-0.1, -0.05) is 0 Å². The van der Waals surface area contributed by atoms with Crippen molar-refractivity contribution in [3.63, 3.8) is 0 Å². The minimum Gasteiger partial charge on any atom is -0.481 e. The minimum absolute atomic E-state index is 0.273. The van der Waals surface area contributed by atoms with Crippen LogP contribution in [0.1, 0.15) is 13.3 Å². The van der Waals surface area contributed by atoms with Crippen LogP contribution in [-0.2, 0) is 9.59 Å². The predicted molar refractivity (Wildman–Crippen MR) is 48.8 cm³/mol. The van der Waals surface area contributed by atoms with Crippen molar-refractivity contribution in [1.29, 1.82) is 0 Å². The smallest absolute Gasteiger partial charge is 0.401 e. The number of hydrogen-bond acceptors (Lipinski definition) is 3. The molecule has 0 saturated carbocycles. The standard InChI is InChI=1S/C8H13F3N2O3/c1-5(2-7(15)16)13-6(14)3-12-4-8(9,10)11/h5,12H,2-4H2,1H3,(H,13,14)(H,15,16). The van der Waals surface area contributed by atoms with Gasteiger partial charge in [0.15, 0.2) is 0 Å². The summed E-state index contributed by atoms with van der Waals surface area (Å²) in [5.74, 6) is -1.76. The van der Waals surface area contributed by atoms with Crippen molar-refractivity contribution in [2.75, 3.05) is 13.1 Å². The number of carbonyl (C=O) groups excluding carboxylic acids is 1. The molecule has 0 aromatic carbocycles. The molecular formula is C8H13F3N2O3. The van der Waals surface area contributed by atoms with Crippen LogP contribution in [0.15, 0.2) is 0 Å². The van der Waals surface area contributed by atoms with Gasteiger partial charge < -0.3 is 15.7 Å². The summed E-state index contributed by atoms with van der Waals surface area (Å²) < 4.78 is 35.0. The summed E-state index contributed by atoms with van der Waals surface area (Å²) in [5, 5.41) is 12.5.